The van der Waals surface area contributed by atoms with E-state index < -0.39 is 0 Å². The third kappa shape index (κ3) is 1.96. The smallest absolute Gasteiger partial charge is 0.263 e. The molecule has 2 aromatic heterocycles. The third-order valence-corrected chi connectivity index (χ3v) is 4.93. The number of nitrogens with zero attached hydrogens (tertiary/aromatic N) is 2. The molecule has 0 aliphatic heterocycles. The third-order valence-electron chi connectivity index (χ3n) is 3.75. The van der Waals surface area contributed by atoms with Crippen LogP contribution in [-0.2, 0) is 19.4 Å². The summed E-state index contributed by atoms with van der Waals surface area (Å²) >= 11 is 1.71. The maximum absolute atomic E-state index is 12.7. The Bertz CT molecular complexity index is 671. The molecule has 0 saturated heterocycles. The summed E-state index contributed by atoms with van der Waals surface area (Å²) in [4.78, 5) is 19.7. The van der Waals surface area contributed by atoms with Crippen LogP contribution in [0.25, 0.3) is 10.2 Å². The molecule has 0 fully saturated rings. The number of rotatable bonds is 3. The minimum Gasteiger partial charge on any atom is -0.359 e. The first-order valence-corrected chi connectivity index (χ1v) is 7.80. The zero-order chi connectivity index (χ0) is 13.4. The molecule has 2 aromatic rings. The van der Waals surface area contributed by atoms with E-state index in [0.29, 0.717) is 5.95 Å². The van der Waals surface area contributed by atoms with Crippen LogP contribution in [0.3, 0.4) is 0 Å². The summed E-state index contributed by atoms with van der Waals surface area (Å²) in [6.07, 6.45) is 5.52. The maximum atomic E-state index is 12.7. The molecule has 4 nitrogen and oxygen atoms in total. The number of thiophene rings is 1. The van der Waals surface area contributed by atoms with E-state index in [4.69, 9.17) is 0 Å². The second-order valence-electron chi connectivity index (χ2n) is 5.03. The first-order chi connectivity index (χ1) is 9.26. The van der Waals surface area contributed by atoms with Gasteiger partial charge < -0.3 is 5.32 Å². The van der Waals surface area contributed by atoms with Crippen LogP contribution in [0, 0.1) is 0 Å². The minimum absolute atomic E-state index is 0.135. The molecule has 19 heavy (non-hydrogen) atoms. The Morgan fingerprint density at radius 1 is 1.37 bits per heavy atom. The normalized spacial score (nSPS) is 14.6. The fourth-order valence-electron chi connectivity index (χ4n) is 2.86. The van der Waals surface area contributed by atoms with Gasteiger partial charge in [0.1, 0.15) is 4.83 Å². The first kappa shape index (κ1) is 12.7. The summed E-state index contributed by atoms with van der Waals surface area (Å²) < 4.78 is 1.78. The zero-order valence-corrected chi connectivity index (χ0v) is 12.3. The highest BCUT2D eigenvalue weighted by atomic mass is 32.1. The minimum atomic E-state index is 0.135. The molecule has 0 amide bonds. The van der Waals surface area contributed by atoms with Gasteiger partial charge in [-0.1, -0.05) is 6.92 Å². The largest absolute Gasteiger partial charge is 0.359 e. The summed E-state index contributed by atoms with van der Waals surface area (Å²) in [5.41, 5.74) is 1.41. The van der Waals surface area contributed by atoms with Gasteiger partial charge in [-0.3, -0.25) is 9.36 Å². The topological polar surface area (TPSA) is 46.9 Å². The van der Waals surface area contributed by atoms with Crippen molar-refractivity contribution in [3.05, 3.63) is 20.8 Å². The molecule has 5 heteroatoms. The molecule has 0 spiro atoms. The van der Waals surface area contributed by atoms with Gasteiger partial charge in [0.05, 0.1) is 5.39 Å². The molecule has 0 aromatic carbocycles. The number of hydrogen-bond donors (Lipinski definition) is 1. The van der Waals surface area contributed by atoms with Gasteiger partial charge in [0.25, 0.3) is 5.56 Å². The van der Waals surface area contributed by atoms with E-state index in [2.05, 4.69) is 17.2 Å². The highest BCUT2D eigenvalue weighted by Crippen LogP contribution is 2.34. The van der Waals surface area contributed by atoms with Crippen LogP contribution in [-0.4, -0.2) is 16.6 Å². The maximum Gasteiger partial charge on any atom is 0.263 e. The Hall–Kier alpha value is -1.36. The molecule has 1 aliphatic carbocycles. The molecular weight excluding hydrogens is 258 g/mol. The Morgan fingerprint density at radius 2 is 2.16 bits per heavy atom. The summed E-state index contributed by atoms with van der Waals surface area (Å²) in [5.74, 6) is 0.693. The first-order valence-electron chi connectivity index (χ1n) is 6.99. The second kappa shape index (κ2) is 4.96. The van der Waals surface area contributed by atoms with Crippen molar-refractivity contribution in [3.8, 4) is 0 Å². The van der Waals surface area contributed by atoms with Gasteiger partial charge in [0, 0.05) is 18.5 Å². The van der Waals surface area contributed by atoms with E-state index in [0.717, 1.165) is 36.0 Å². The van der Waals surface area contributed by atoms with Crippen molar-refractivity contribution >= 4 is 27.5 Å². The lowest BCUT2D eigenvalue weighted by Gasteiger charge is -2.12. The van der Waals surface area contributed by atoms with E-state index in [1.54, 1.807) is 15.9 Å². The van der Waals surface area contributed by atoms with Crippen LogP contribution in [0.1, 0.15) is 36.6 Å². The summed E-state index contributed by atoms with van der Waals surface area (Å²) in [5, 5.41) is 3.93. The monoisotopic (exact) mass is 277 g/mol. The predicted molar refractivity (Wildman–Crippen MR) is 80.4 cm³/mol. The fraction of sp³-hybridized carbons (Fsp3) is 0.571. The van der Waals surface area contributed by atoms with Crippen LogP contribution in [0.4, 0.5) is 5.95 Å². The van der Waals surface area contributed by atoms with Gasteiger partial charge in [-0.2, -0.15) is 0 Å². The van der Waals surface area contributed by atoms with Crippen LogP contribution in [0.15, 0.2) is 4.79 Å². The quantitative estimate of drug-likeness (QED) is 0.938. The molecule has 0 atom stereocenters. The van der Waals surface area contributed by atoms with E-state index in [-0.39, 0.29) is 5.56 Å². The van der Waals surface area contributed by atoms with Gasteiger partial charge in [-0.15, -0.1) is 11.3 Å². The van der Waals surface area contributed by atoms with Crippen molar-refractivity contribution in [3.63, 3.8) is 0 Å². The average Bonchev–Trinajstić information content (AvgIpc) is 2.80. The van der Waals surface area contributed by atoms with E-state index >= 15 is 0 Å². The lowest BCUT2D eigenvalue weighted by molar-refractivity contribution is 0.654. The van der Waals surface area contributed by atoms with Gasteiger partial charge in [0.15, 0.2) is 0 Å². The Labute approximate surface area is 116 Å². The van der Waals surface area contributed by atoms with E-state index in [9.17, 15) is 4.79 Å². The summed E-state index contributed by atoms with van der Waals surface area (Å²) in [7, 11) is 1.83. The number of nitrogens with one attached hydrogen (secondary N) is 1. The molecule has 1 aliphatic rings. The fourth-order valence-corrected chi connectivity index (χ4v) is 4.11. The van der Waals surface area contributed by atoms with Crippen molar-refractivity contribution in [1.29, 1.82) is 0 Å². The van der Waals surface area contributed by atoms with Gasteiger partial charge in [-0.25, -0.2) is 4.98 Å². The van der Waals surface area contributed by atoms with Gasteiger partial charge >= 0.3 is 0 Å². The molecule has 0 saturated carbocycles. The Kier molecular flexibility index (Phi) is 3.31. The number of anilines is 1. The second-order valence-corrected chi connectivity index (χ2v) is 6.12. The van der Waals surface area contributed by atoms with Crippen molar-refractivity contribution < 1.29 is 0 Å². The highest BCUT2D eigenvalue weighted by Gasteiger charge is 2.21. The van der Waals surface area contributed by atoms with Crippen molar-refractivity contribution in [2.24, 2.45) is 0 Å². The number of aromatic nitrogens is 2. The SMILES string of the molecule is CCCn1c(NC)nc2sc3c(c2c1=O)CCCC3. The molecule has 1 N–H and O–H groups in total. The van der Waals surface area contributed by atoms with Crippen LogP contribution >= 0.6 is 11.3 Å². The Balaban J connectivity index is 2.31. The standard InChI is InChI=1S/C14H19N3OS/c1-3-8-17-13(18)11-9-6-4-5-7-10(9)19-12(11)16-14(17)15-2/h3-8H2,1-2H3,(H,15,16). The van der Waals surface area contributed by atoms with Crippen LogP contribution in [0.5, 0.6) is 0 Å². The Morgan fingerprint density at radius 3 is 2.89 bits per heavy atom. The number of fused-ring (bicyclic) bond motifs is 3. The highest BCUT2D eigenvalue weighted by molar-refractivity contribution is 7.18. The molecule has 0 bridgehead atoms. The summed E-state index contributed by atoms with van der Waals surface area (Å²) in [6, 6.07) is 0. The summed E-state index contributed by atoms with van der Waals surface area (Å²) in [6.45, 7) is 2.81. The van der Waals surface area contributed by atoms with Crippen molar-refractivity contribution in [1.82, 2.24) is 9.55 Å². The number of aryl methyl sites for hydroxylation is 2. The molecule has 0 radical (unpaired) electrons. The molecule has 3 rings (SSSR count). The van der Waals surface area contributed by atoms with Crippen LogP contribution < -0.4 is 10.9 Å². The molecular formula is C14H19N3OS. The lowest BCUT2D eigenvalue weighted by atomic mass is 9.97. The molecule has 0 unspecified atom stereocenters. The van der Waals surface area contributed by atoms with Crippen LogP contribution in [0.2, 0.25) is 0 Å². The molecule has 2 heterocycles. The average molecular weight is 277 g/mol. The van der Waals surface area contributed by atoms with Gasteiger partial charge in [-0.05, 0) is 37.7 Å². The number of hydrogen-bond acceptors (Lipinski definition) is 4. The van der Waals surface area contributed by atoms with Gasteiger partial charge in [0.2, 0.25) is 5.95 Å². The zero-order valence-electron chi connectivity index (χ0n) is 11.5. The van der Waals surface area contributed by atoms with E-state index in [1.165, 1.54) is 23.3 Å². The van der Waals surface area contributed by atoms with Crippen molar-refractivity contribution in [2.45, 2.75) is 45.6 Å². The lowest BCUT2D eigenvalue weighted by Crippen LogP contribution is -2.24. The van der Waals surface area contributed by atoms with E-state index in [1.807, 2.05) is 7.05 Å². The van der Waals surface area contributed by atoms with Crippen molar-refractivity contribution in [2.75, 3.05) is 12.4 Å². The molecule has 102 valence electrons. The predicted octanol–water partition coefficient (Wildman–Crippen LogP) is 2.79.